The van der Waals surface area contributed by atoms with E-state index < -0.39 is 0 Å². The van der Waals surface area contributed by atoms with E-state index in [-0.39, 0.29) is 17.3 Å². The molecule has 0 saturated carbocycles. The highest BCUT2D eigenvalue weighted by Gasteiger charge is 2.27. The Morgan fingerprint density at radius 2 is 1.84 bits per heavy atom. The lowest BCUT2D eigenvalue weighted by molar-refractivity contribution is 0.376. The first-order valence-electron chi connectivity index (χ1n) is 7.11. The van der Waals surface area contributed by atoms with E-state index in [1.54, 1.807) is 0 Å². The van der Waals surface area contributed by atoms with E-state index in [0.717, 1.165) is 24.8 Å². The Balaban J connectivity index is 2.51. The van der Waals surface area contributed by atoms with Crippen LogP contribution < -0.4 is 5.73 Å². The summed E-state index contributed by atoms with van der Waals surface area (Å²) in [6.45, 7) is 7.99. The van der Waals surface area contributed by atoms with Crippen molar-refractivity contribution in [2.45, 2.75) is 57.4 Å². The lowest BCUT2D eigenvalue weighted by atomic mass is 9.76. The predicted octanol–water partition coefficient (Wildman–Crippen LogP) is 4.57. The molecule has 106 valence electrons. The van der Waals surface area contributed by atoms with Crippen molar-refractivity contribution in [3.63, 3.8) is 0 Å². The fourth-order valence-electron chi connectivity index (χ4n) is 2.28. The maximum absolute atomic E-state index is 13.0. The molecule has 1 atom stereocenters. The minimum atomic E-state index is -0.197. The number of nitrogens with two attached hydrogens (primary N) is 1. The number of hydrogen-bond donors (Lipinski definition) is 1. The van der Waals surface area contributed by atoms with Crippen molar-refractivity contribution in [1.29, 1.82) is 0 Å². The molecule has 0 heterocycles. The van der Waals surface area contributed by atoms with Gasteiger partial charge in [-0.15, -0.1) is 6.58 Å². The molecule has 0 amide bonds. The largest absolute Gasteiger partial charge is 0.327 e. The molecule has 1 unspecified atom stereocenters. The summed E-state index contributed by atoms with van der Waals surface area (Å²) in [7, 11) is 0. The summed E-state index contributed by atoms with van der Waals surface area (Å²) >= 11 is 0. The zero-order valence-electron chi connectivity index (χ0n) is 12.2. The fourth-order valence-corrected chi connectivity index (χ4v) is 2.28. The third-order valence-corrected chi connectivity index (χ3v) is 3.94. The van der Waals surface area contributed by atoms with E-state index in [1.165, 1.54) is 25.0 Å². The number of benzene rings is 1. The second-order valence-electron chi connectivity index (χ2n) is 5.76. The van der Waals surface area contributed by atoms with Crippen molar-refractivity contribution in [3.8, 4) is 0 Å². The van der Waals surface area contributed by atoms with Gasteiger partial charge in [0.05, 0.1) is 0 Å². The van der Waals surface area contributed by atoms with Gasteiger partial charge in [0, 0.05) is 11.5 Å². The SMILES string of the molecule is C=CCCCCCC(N)C(C)(C)c1ccc(F)cc1. The van der Waals surface area contributed by atoms with Gasteiger partial charge in [-0.25, -0.2) is 4.39 Å². The Kier molecular flexibility index (Phi) is 6.23. The molecule has 0 aromatic heterocycles. The zero-order valence-corrected chi connectivity index (χ0v) is 12.2. The van der Waals surface area contributed by atoms with Gasteiger partial charge in [-0.2, -0.15) is 0 Å². The maximum atomic E-state index is 13.0. The summed E-state index contributed by atoms with van der Waals surface area (Å²) < 4.78 is 13.0. The van der Waals surface area contributed by atoms with Crippen molar-refractivity contribution >= 4 is 0 Å². The van der Waals surface area contributed by atoms with Gasteiger partial charge in [0.25, 0.3) is 0 Å². The van der Waals surface area contributed by atoms with Crippen LogP contribution in [0.1, 0.15) is 51.5 Å². The number of allylic oxidation sites excluding steroid dienone is 1. The smallest absolute Gasteiger partial charge is 0.123 e. The molecular formula is C17H26FN. The van der Waals surface area contributed by atoms with Crippen LogP contribution in [-0.2, 0) is 5.41 Å². The summed E-state index contributed by atoms with van der Waals surface area (Å²) in [4.78, 5) is 0. The molecule has 0 aliphatic rings. The molecule has 1 aromatic rings. The van der Waals surface area contributed by atoms with E-state index in [4.69, 9.17) is 5.73 Å². The normalized spacial score (nSPS) is 13.3. The molecule has 0 spiro atoms. The molecule has 19 heavy (non-hydrogen) atoms. The molecule has 0 radical (unpaired) electrons. The molecule has 1 rings (SSSR count). The molecule has 2 heteroatoms. The van der Waals surface area contributed by atoms with Crippen molar-refractivity contribution in [1.82, 2.24) is 0 Å². The molecule has 0 aliphatic heterocycles. The molecule has 2 N–H and O–H groups in total. The minimum Gasteiger partial charge on any atom is -0.327 e. The van der Waals surface area contributed by atoms with Gasteiger partial charge in [-0.3, -0.25) is 0 Å². The van der Waals surface area contributed by atoms with Gasteiger partial charge in [-0.1, -0.05) is 44.9 Å². The van der Waals surface area contributed by atoms with E-state index in [0.29, 0.717) is 0 Å². The van der Waals surface area contributed by atoms with Crippen molar-refractivity contribution in [2.75, 3.05) is 0 Å². The lowest BCUT2D eigenvalue weighted by Gasteiger charge is -2.32. The lowest BCUT2D eigenvalue weighted by Crippen LogP contribution is -2.40. The third-order valence-electron chi connectivity index (χ3n) is 3.94. The van der Waals surface area contributed by atoms with Gasteiger partial charge in [0.1, 0.15) is 5.82 Å². The molecule has 0 bridgehead atoms. The van der Waals surface area contributed by atoms with Crippen molar-refractivity contribution in [3.05, 3.63) is 48.3 Å². The number of hydrogen-bond acceptors (Lipinski definition) is 1. The Morgan fingerprint density at radius 3 is 2.42 bits per heavy atom. The zero-order chi connectivity index (χ0) is 14.3. The Bertz CT molecular complexity index is 381. The van der Waals surface area contributed by atoms with Crippen LogP contribution in [0.15, 0.2) is 36.9 Å². The average molecular weight is 263 g/mol. The topological polar surface area (TPSA) is 26.0 Å². The van der Waals surface area contributed by atoms with Crippen LogP contribution in [-0.4, -0.2) is 6.04 Å². The first-order valence-corrected chi connectivity index (χ1v) is 7.11. The molecule has 1 aromatic carbocycles. The first-order chi connectivity index (χ1) is 8.98. The molecule has 1 nitrogen and oxygen atoms in total. The fraction of sp³-hybridized carbons (Fsp3) is 0.529. The van der Waals surface area contributed by atoms with Crippen LogP contribution in [0.5, 0.6) is 0 Å². The highest BCUT2D eigenvalue weighted by atomic mass is 19.1. The van der Waals surface area contributed by atoms with Crippen LogP contribution >= 0.6 is 0 Å². The molecular weight excluding hydrogens is 237 g/mol. The van der Waals surface area contributed by atoms with E-state index in [1.807, 2.05) is 18.2 Å². The molecule has 0 aliphatic carbocycles. The quantitative estimate of drug-likeness (QED) is 0.539. The number of halogens is 1. The minimum absolute atomic E-state index is 0.0988. The summed E-state index contributed by atoms with van der Waals surface area (Å²) in [5.74, 6) is -0.197. The average Bonchev–Trinajstić information content (AvgIpc) is 2.38. The van der Waals surface area contributed by atoms with Crippen molar-refractivity contribution in [2.24, 2.45) is 5.73 Å². The number of rotatable bonds is 8. The Labute approximate surface area is 116 Å². The second-order valence-corrected chi connectivity index (χ2v) is 5.76. The Morgan fingerprint density at radius 1 is 1.21 bits per heavy atom. The van der Waals surface area contributed by atoms with E-state index in [9.17, 15) is 4.39 Å². The second kappa shape index (κ2) is 7.44. The summed E-state index contributed by atoms with van der Waals surface area (Å²) in [6.07, 6.45) is 7.56. The van der Waals surface area contributed by atoms with Crippen LogP contribution in [0.3, 0.4) is 0 Å². The van der Waals surface area contributed by atoms with Gasteiger partial charge in [0.15, 0.2) is 0 Å². The highest BCUT2D eigenvalue weighted by molar-refractivity contribution is 5.26. The third kappa shape index (κ3) is 4.79. The Hall–Kier alpha value is -1.15. The van der Waals surface area contributed by atoms with Gasteiger partial charge >= 0.3 is 0 Å². The van der Waals surface area contributed by atoms with Gasteiger partial charge < -0.3 is 5.73 Å². The number of unbranched alkanes of at least 4 members (excludes halogenated alkanes) is 3. The standard InChI is InChI=1S/C17H26FN/c1-4-5-6-7-8-9-16(19)17(2,3)14-10-12-15(18)13-11-14/h4,10-13,16H,1,5-9,19H2,2-3H3. The molecule has 0 fully saturated rings. The van der Waals surface area contributed by atoms with Gasteiger partial charge in [0.2, 0.25) is 0 Å². The van der Waals surface area contributed by atoms with Crippen LogP contribution in [0.4, 0.5) is 4.39 Å². The van der Waals surface area contributed by atoms with E-state index in [2.05, 4.69) is 20.4 Å². The molecule has 0 saturated heterocycles. The summed E-state index contributed by atoms with van der Waals surface area (Å²) in [5, 5.41) is 0. The van der Waals surface area contributed by atoms with Gasteiger partial charge in [-0.05, 0) is 37.0 Å². The van der Waals surface area contributed by atoms with Crippen LogP contribution in [0, 0.1) is 5.82 Å². The van der Waals surface area contributed by atoms with Crippen LogP contribution in [0.25, 0.3) is 0 Å². The highest BCUT2D eigenvalue weighted by Crippen LogP contribution is 2.28. The van der Waals surface area contributed by atoms with Crippen LogP contribution in [0.2, 0.25) is 0 Å². The first kappa shape index (κ1) is 15.9. The van der Waals surface area contributed by atoms with E-state index >= 15 is 0 Å². The summed E-state index contributed by atoms with van der Waals surface area (Å²) in [5.41, 5.74) is 7.31. The summed E-state index contributed by atoms with van der Waals surface area (Å²) in [6, 6.07) is 6.79. The maximum Gasteiger partial charge on any atom is 0.123 e. The monoisotopic (exact) mass is 263 g/mol. The predicted molar refractivity (Wildman–Crippen MR) is 80.7 cm³/mol. The van der Waals surface area contributed by atoms with Crippen molar-refractivity contribution < 1.29 is 4.39 Å².